The van der Waals surface area contributed by atoms with Gasteiger partial charge < -0.3 is 14.2 Å². The molecule has 1 saturated heterocycles. The molecule has 1 aromatic carbocycles. The highest BCUT2D eigenvalue weighted by Gasteiger charge is 2.26. The Hall–Kier alpha value is -2.49. The van der Waals surface area contributed by atoms with Gasteiger partial charge in [-0.15, -0.1) is 0 Å². The third kappa shape index (κ3) is 4.13. The predicted octanol–water partition coefficient (Wildman–Crippen LogP) is 4.19. The highest BCUT2D eigenvalue weighted by Crippen LogP contribution is 2.30. The number of carbonyl (C=O) groups excluding carboxylic acids is 1. The van der Waals surface area contributed by atoms with Crippen LogP contribution in [0.15, 0.2) is 48.7 Å². The smallest absolute Gasteiger partial charge is 0.247 e. The van der Waals surface area contributed by atoms with Crippen molar-refractivity contribution >= 4 is 12.0 Å². The first-order valence-corrected chi connectivity index (χ1v) is 8.93. The van der Waals surface area contributed by atoms with Crippen LogP contribution < -0.4 is 4.74 Å². The number of carbonyl (C=O) groups is 1. The van der Waals surface area contributed by atoms with Crippen LogP contribution >= 0.6 is 0 Å². The Bertz CT molecular complexity index is 731. The van der Waals surface area contributed by atoms with E-state index in [1.807, 2.05) is 35.2 Å². The highest BCUT2D eigenvalue weighted by molar-refractivity contribution is 5.92. The van der Waals surface area contributed by atoms with Crippen molar-refractivity contribution in [3.05, 3.63) is 59.9 Å². The standard InChI is InChI=1S/C21H26N2O2/c1-22-15-6-8-19(22)20-7-4-3-5-16-23(20)21(24)14-11-17-9-12-18(25-2)13-10-17/h6,8-15,20H,3-5,7,16H2,1-2H3. The number of benzene rings is 1. The number of likely N-dealkylation sites (tertiary alicyclic amines) is 1. The molecule has 4 heteroatoms. The molecule has 0 saturated carbocycles. The number of hydrogen-bond acceptors (Lipinski definition) is 2. The third-order valence-corrected chi connectivity index (χ3v) is 4.90. The average molecular weight is 338 g/mol. The van der Waals surface area contributed by atoms with Crippen molar-refractivity contribution in [2.75, 3.05) is 13.7 Å². The topological polar surface area (TPSA) is 34.5 Å². The van der Waals surface area contributed by atoms with Crippen LogP contribution in [0.3, 0.4) is 0 Å². The number of rotatable bonds is 4. The molecule has 0 N–H and O–H groups in total. The second-order valence-electron chi connectivity index (χ2n) is 6.55. The molecule has 2 aromatic rings. The quantitative estimate of drug-likeness (QED) is 0.784. The molecule has 1 aromatic heterocycles. The molecule has 132 valence electrons. The summed E-state index contributed by atoms with van der Waals surface area (Å²) in [6.07, 6.45) is 10.1. The maximum atomic E-state index is 12.9. The molecule has 25 heavy (non-hydrogen) atoms. The summed E-state index contributed by atoms with van der Waals surface area (Å²) < 4.78 is 7.30. The average Bonchev–Trinajstić information content (AvgIpc) is 2.92. The fourth-order valence-electron chi connectivity index (χ4n) is 3.48. The molecule has 0 aliphatic carbocycles. The zero-order valence-electron chi connectivity index (χ0n) is 15.0. The van der Waals surface area contributed by atoms with Gasteiger partial charge in [0.15, 0.2) is 0 Å². The molecule has 4 nitrogen and oxygen atoms in total. The lowest BCUT2D eigenvalue weighted by molar-refractivity contribution is -0.128. The van der Waals surface area contributed by atoms with Crippen LogP contribution in [0.4, 0.5) is 0 Å². The number of nitrogens with zero attached hydrogens (tertiary/aromatic N) is 2. The van der Waals surface area contributed by atoms with E-state index in [4.69, 9.17) is 4.74 Å². The summed E-state index contributed by atoms with van der Waals surface area (Å²) >= 11 is 0. The second-order valence-corrected chi connectivity index (χ2v) is 6.55. The first kappa shape index (κ1) is 17.3. The lowest BCUT2D eigenvalue weighted by Gasteiger charge is -2.29. The van der Waals surface area contributed by atoms with Crippen molar-refractivity contribution in [2.45, 2.75) is 31.7 Å². The molecular formula is C21H26N2O2. The van der Waals surface area contributed by atoms with Gasteiger partial charge in [-0.1, -0.05) is 25.0 Å². The Balaban J connectivity index is 1.77. The van der Waals surface area contributed by atoms with Crippen molar-refractivity contribution in [3.8, 4) is 5.75 Å². The number of methoxy groups -OCH3 is 1. The number of aryl methyl sites for hydroxylation is 1. The number of aromatic nitrogens is 1. The van der Waals surface area contributed by atoms with Crippen LogP contribution in [-0.2, 0) is 11.8 Å². The Labute approximate surface area is 149 Å². The first-order chi connectivity index (χ1) is 12.2. The zero-order valence-corrected chi connectivity index (χ0v) is 15.0. The molecular weight excluding hydrogens is 312 g/mol. The van der Waals surface area contributed by atoms with Gasteiger partial charge in [0.05, 0.1) is 13.2 Å². The Kier molecular flexibility index (Phi) is 5.59. The molecule has 1 fully saturated rings. The largest absolute Gasteiger partial charge is 0.497 e. The minimum Gasteiger partial charge on any atom is -0.497 e. The molecule has 1 unspecified atom stereocenters. The summed E-state index contributed by atoms with van der Waals surface area (Å²) in [7, 11) is 3.70. The predicted molar refractivity (Wildman–Crippen MR) is 100 cm³/mol. The summed E-state index contributed by atoms with van der Waals surface area (Å²) in [6.45, 7) is 0.821. The lowest BCUT2D eigenvalue weighted by atomic mass is 10.1. The number of amides is 1. The monoisotopic (exact) mass is 338 g/mol. The van der Waals surface area contributed by atoms with Crippen LogP contribution in [0.1, 0.15) is 43.0 Å². The van der Waals surface area contributed by atoms with E-state index in [1.54, 1.807) is 13.2 Å². The van der Waals surface area contributed by atoms with Gasteiger partial charge in [0.2, 0.25) is 5.91 Å². The van der Waals surface area contributed by atoms with Gasteiger partial charge in [0, 0.05) is 31.6 Å². The van der Waals surface area contributed by atoms with Crippen LogP contribution in [0.2, 0.25) is 0 Å². The van der Waals surface area contributed by atoms with E-state index in [1.165, 1.54) is 18.5 Å². The molecule has 2 heterocycles. The molecule has 1 aliphatic heterocycles. The van der Waals surface area contributed by atoms with Gasteiger partial charge >= 0.3 is 0 Å². The lowest BCUT2D eigenvalue weighted by Crippen LogP contribution is -2.34. The molecule has 1 aliphatic rings. The minimum absolute atomic E-state index is 0.0870. The van der Waals surface area contributed by atoms with Crippen LogP contribution in [0, 0.1) is 0 Å². The van der Waals surface area contributed by atoms with Gasteiger partial charge in [-0.2, -0.15) is 0 Å². The fraction of sp³-hybridized carbons (Fsp3) is 0.381. The zero-order chi connectivity index (χ0) is 17.6. The van der Waals surface area contributed by atoms with Gasteiger partial charge in [-0.3, -0.25) is 4.79 Å². The van der Waals surface area contributed by atoms with Crippen molar-refractivity contribution < 1.29 is 9.53 Å². The maximum Gasteiger partial charge on any atom is 0.247 e. The van der Waals surface area contributed by atoms with E-state index in [-0.39, 0.29) is 11.9 Å². The Morgan fingerprint density at radius 2 is 1.96 bits per heavy atom. The van der Waals surface area contributed by atoms with E-state index < -0.39 is 0 Å². The third-order valence-electron chi connectivity index (χ3n) is 4.90. The highest BCUT2D eigenvalue weighted by atomic mass is 16.5. The summed E-state index contributed by atoms with van der Waals surface area (Å²) in [5, 5.41) is 0. The van der Waals surface area contributed by atoms with Crippen LogP contribution in [-0.4, -0.2) is 29.0 Å². The molecule has 1 amide bonds. The molecule has 3 rings (SSSR count). The van der Waals surface area contributed by atoms with Gasteiger partial charge in [-0.05, 0) is 48.7 Å². The van der Waals surface area contributed by atoms with Gasteiger partial charge in [0.25, 0.3) is 0 Å². The Morgan fingerprint density at radius 1 is 1.16 bits per heavy atom. The first-order valence-electron chi connectivity index (χ1n) is 8.93. The van der Waals surface area contributed by atoms with Crippen LogP contribution in [0.25, 0.3) is 6.08 Å². The fourth-order valence-corrected chi connectivity index (χ4v) is 3.48. The van der Waals surface area contributed by atoms with E-state index in [0.717, 1.165) is 30.7 Å². The SMILES string of the molecule is COc1ccc(C=CC(=O)N2CCCCCC2c2cccn2C)cc1. The number of ether oxygens (including phenoxy) is 1. The van der Waals surface area contributed by atoms with Crippen molar-refractivity contribution in [2.24, 2.45) is 7.05 Å². The van der Waals surface area contributed by atoms with E-state index in [9.17, 15) is 4.79 Å². The summed E-state index contributed by atoms with van der Waals surface area (Å²) in [6, 6.07) is 12.1. The second kappa shape index (κ2) is 8.06. The molecule has 1 atom stereocenters. The molecule has 0 spiro atoms. The summed E-state index contributed by atoms with van der Waals surface area (Å²) in [4.78, 5) is 14.9. The van der Waals surface area contributed by atoms with Crippen molar-refractivity contribution in [1.82, 2.24) is 9.47 Å². The van der Waals surface area contributed by atoms with Crippen molar-refractivity contribution in [3.63, 3.8) is 0 Å². The van der Waals surface area contributed by atoms with Gasteiger partial charge in [0.1, 0.15) is 5.75 Å². The van der Waals surface area contributed by atoms with Gasteiger partial charge in [-0.25, -0.2) is 0 Å². The Morgan fingerprint density at radius 3 is 2.64 bits per heavy atom. The summed E-state index contributed by atoms with van der Waals surface area (Å²) in [5.74, 6) is 0.906. The van der Waals surface area contributed by atoms with E-state index >= 15 is 0 Å². The maximum absolute atomic E-state index is 12.9. The normalized spacial score (nSPS) is 18.3. The van der Waals surface area contributed by atoms with Crippen LogP contribution in [0.5, 0.6) is 5.75 Å². The molecule has 0 bridgehead atoms. The molecule has 0 radical (unpaired) electrons. The summed E-state index contributed by atoms with van der Waals surface area (Å²) in [5.41, 5.74) is 2.22. The van der Waals surface area contributed by atoms with E-state index in [0.29, 0.717) is 0 Å². The minimum atomic E-state index is 0.0870. The van der Waals surface area contributed by atoms with Crippen molar-refractivity contribution in [1.29, 1.82) is 0 Å². The van der Waals surface area contributed by atoms with E-state index in [2.05, 4.69) is 29.9 Å². The number of hydrogen-bond donors (Lipinski definition) is 0.